The number of nitrogens with one attached hydrogen (secondary N) is 1. The molecule has 0 saturated heterocycles. The lowest BCUT2D eigenvalue weighted by atomic mass is 10.1. The van der Waals surface area contributed by atoms with Gasteiger partial charge in [-0.2, -0.15) is 0 Å². The van der Waals surface area contributed by atoms with E-state index in [1.807, 2.05) is 20.8 Å². The standard InChI is InChI=1S/C24H26N2O7/c1-5-31-19-12-15(13-20(32-6-2)21(19)33-7-3)22(27)25-26-14-18(24(29)30-4)16-10-8-9-11-17(16)23(26)28/h8-14H,5-7H2,1-4H3,(H,25,27). The Morgan fingerprint density at radius 1 is 0.909 bits per heavy atom. The second-order valence-electron chi connectivity index (χ2n) is 6.80. The van der Waals surface area contributed by atoms with Gasteiger partial charge in [0.2, 0.25) is 5.75 Å². The summed E-state index contributed by atoms with van der Waals surface area (Å²) < 4.78 is 22.8. The number of carbonyl (C=O) groups excluding carboxylic acids is 2. The van der Waals surface area contributed by atoms with Crippen molar-refractivity contribution in [3.8, 4) is 17.2 Å². The summed E-state index contributed by atoms with van der Waals surface area (Å²) in [6.45, 7) is 6.54. The fraction of sp³-hybridized carbons (Fsp3) is 0.292. The van der Waals surface area contributed by atoms with E-state index in [0.717, 1.165) is 4.68 Å². The van der Waals surface area contributed by atoms with Gasteiger partial charge in [-0.3, -0.25) is 15.0 Å². The van der Waals surface area contributed by atoms with Crippen molar-refractivity contribution in [1.82, 2.24) is 4.68 Å². The molecule has 0 aliphatic carbocycles. The number of methoxy groups -OCH3 is 1. The lowest BCUT2D eigenvalue weighted by molar-refractivity contribution is 0.0601. The Morgan fingerprint density at radius 3 is 2.03 bits per heavy atom. The molecule has 3 rings (SSSR count). The molecule has 9 heteroatoms. The Balaban J connectivity index is 2.07. The van der Waals surface area contributed by atoms with Crippen molar-refractivity contribution in [2.75, 3.05) is 32.4 Å². The highest BCUT2D eigenvalue weighted by atomic mass is 16.5. The van der Waals surface area contributed by atoms with Crippen molar-refractivity contribution < 1.29 is 28.5 Å². The first-order valence-corrected chi connectivity index (χ1v) is 10.6. The molecule has 0 radical (unpaired) electrons. The number of ether oxygens (including phenoxy) is 4. The molecular weight excluding hydrogens is 428 g/mol. The molecule has 0 saturated carbocycles. The Hall–Kier alpha value is -4.01. The number of aromatic nitrogens is 1. The normalized spacial score (nSPS) is 10.5. The van der Waals surface area contributed by atoms with Crippen LogP contribution >= 0.6 is 0 Å². The minimum atomic E-state index is -0.632. The maximum absolute atomic E-state index is 13.1. The number of hydrogen-bond donors (Lipinski definition) is 1. The molecule has 0 fully saturated rings. The van der Waals surface area contributed by atoms with E-state index in [9.17, 15) is 14.4 Å². The predicted molar refractivity (Wildman–Crippen MR) is 123 cm³/mol. The molecule has 1 N–H and O–H groups in total. The van der Waals surface area contributed by atoms with Crippen LogP contribution in [0.5, 0.6) is 17.2 Å². The van der Waals surface area contributed by atoms with Gasteiger partial charge in [-0.05, 0) is 39.0 Å². The summed E-state index contributed by atoms with van der Waals surface area (Å²) in [5.74, 6) is -0.151. The lowest BCUT2D eigenvalue weighted by Crippen LogP contribution is -2.34. The second kappa shape index (κ2) is 10.5. The van der Waals surface area contributed by atoms with Crippen molar-refractivity contribution in [2.24, 2.45) is 0 Å². The van der Waals surface area contributed by atoms with E-state index in [0.29, 0.717) is 42.5 Å². The molecule has 2 aromatic carbocycles. The molecule has 9 nitrogen and oxygen atoms in total. The second-order valence-corrected chi connectivity index (χ2v) is 6.80. The van der Waals surface area contributed by atoms with Gasteiger partial charge in [-0.1, -0.05) is 18.2 Å². The Morgan fingerprint density at radius 2 is 1.48 bits per heavy atom. The molecule has 3 aromatic rings. The summed E-state index contributed by atoms with van der Waals surface area (Å²) in [6.07, 6.45) is 1.25. The molecule has 33 heavy (non-hydrogen) atoms. The van der Waals surface area contributed by atoms with Gasteiger partial charge in [0.05, 0.1) is 32.5 Å². The van der Waals surface area contributed by atoms with Crippen LogP contribution in [0, 0.1) is 0 Å². The van der Waals surface area contributed by atoms with E-state index in [4.69, 9.17) is 18.9 Å². The summed E-state index contributed by atoms with van der Waals surface area (Å²) >= 11 is 0. The van der Waals surface area contributed by atoms with Crippen molar-refractivity contribution in [2.45, 2.75) is 20.8 Å². The molecule has 0 aliphatic rings. The number of amides is 1. The number of esters is 1. The summed E-state index contributed by atoms with van der Waals surface area (Å²) in [4.78, 5) is 38.3. The van der Waals surface area contributed by atoms with E-state index in [1.165, 1.54) is 25.4 Å². The van der Waals surface area contributed by atoms with E-state index in [2.05, 4.69) is 5.43 Å². The quantitative estimate of drug-likeness (QED) is 0.494. The number of fused-ring (bicyclic) bond motifs is 1. The first kappa shape index (κ1) is 23.6. The van der Waals surface area contributed by atoms with E-state index in [-0.39, 0.29) is 16.5 Å². The molecule has 0 bridgehead atoms. The van der Waals surface area contributed by atoms with Crippen LogP contribution < -0.4 is 25.2 Å². The first-order valence-electron chi connectivity index (χ1n) is 10.6. The molecule has 1 aromatic heterocycles. The summed E-state index contributed by atoms with van der Waals surface area (Å²) in [6, 6.07) is 9.63. The van der Waals surface area contributed by atoms with Gasteiger partial charge in [-0.25, -0.2) is 9.47 Å². The van der Waals surface area contributed by atoms with Gasteiger partial charge in [0.15, 0.2) is 11.5 Å². The van der Waals surface area contributed by atoms with Crippen LogP contribution in [0.2, 0.25) is 0 Å². The van der Waals surface area contributed by atoms with Crippen LogP contribution in [-0.2, 0) is 4.74 Å². The molecule has 174 valence electrons. The maximum atomic E-state index is 13.1. The van der Waals surface area contributed by atoms with Crippen LogP contribution in [0.1, 0.15) is 41.5 Å². The first-order chi connectivity index (χ1) is 15.9. The smallest absolute Gasteiger partial charge is 0.340 e. The Labute approximate surface area is 190 Å². The van der Waals surface area contributed by atoms with Gasteiger partial charge >= 0.3 is 5.97 Å². The largest absolute Gasteiger partial charge is 0.490 e. The molecule has 1 amide bonds. The number of hydrogen-bond acceptors (Lipinski definition) is 7. The number of benzene rings is 2. The summed E-state index contributed by atoms with van der Waals surface area (Å²) in [5, 5.41) is 0.690. The van der Waals surface area contributed by atoms with Crippen molar-refractivity contribution in [3.05, 3.63) is 64.1 Å². The Kier molecular flexibility index (Phi) is 7.55. The maximum Gasteiger partial charge on any atom is 0.340 e. The van der Waals surface area contributed by atoms with Crippen LogP contribution in [0.3, 0.4) is 0 Å². The van der Waals surface area contributed by atoms with E-state index < -0.39 is 17.4 Å². The fourth-order valence-electron chi connectivity index (χ4n) is 3.34. The van der Waals surface area contributed by atoms with Crippen molar-refractivity contribution >= 4 is 22.6 Å². The van der Waals surface area contributed by atoms with Crippen molar-refractivity contribution in [3.63, 3.8) is 0 Å². The number of nitrogens with zero attached hydrogens (tertiary/aromatic N) is 1. The lowest BCUT2D eigenvalue weighted by Gasteiger charge is -2.17. The highest BCUT2D eigenvalue weighted by Gasteiger charge is 2.20. The third-order valence-electron chi connectivity index (χ3n) is 4.72. The van der Waals surface area contributed by atoms with E-state index in [1.54, 1.807) is 24.3 Å². The molecular formula is C24H26N2O7. The molecule has 0 aliphatic heterocycles. The third-order valence-corrected chi connectivity index (χ3v) is 4.72. The Bertz CT molecular complexity index is 1210. The van der Waals surface area contributed by atoms with Crippen LogP contribution in [0.25, 0.3) is 10.8 Å². The minimum Gasteiger partial charge on any atom is -0.490 e. The zero-order valence-electron chi connectivity index (χ0n) is 19.0. The number of pyridine rings is 1. The van der Waals surface area contributed by atoms with Crippen LogP contribution in [0.15, 0.2) is 47.4 Å². The summed E-state index contributed by atoms with van der Waals surface area (Å²) in [7, 11) is 1.25. The van der Waals surface area contributed by atoms with Gasteiger partial charge in [0, 0.05) is 22.5 Å². The van der Waals surface area contributed by atoms with Gasteiger partial charge < -0.3 is 18.9 Å². The topological polar surface area (TPSA) is 105 Å². The number of carbonyl (C=O) groups is 2. The monoisotopic (exact) mass is 454 g/mol. The molecule has 0 atom stereocenters. The highest BCUT2D eigenvalue weighted by molar-refractivity contribution is 6.05. The van der Waals surface area contributed by atoms with Crippen LogP contribution in [0.4, 0.5) is 0 Å². The van der Waals surface area contributed by atoms with Crippen LogP contribution in [-0.4, -0.2) is 43.5 Å². The highest BCUT2D eigenvalue weighted by Crippen LogP contribution is 2.39. The van der Waals surface area contributed by atoms with Gasteiger partial charge in [-0.15, -0.1) is 0 Å². The minimum absolute atomic E-state index is 0.143. The SMILES string of the molecule is CCOc1cc(C(=O)Nn2cc(C(=O)OC)c3ccccc3c2=O)cc(OCC)c1OCC. The predicted octanol–water partition coefficient (Wildman–Crippen LogP) is 3.37. The zero-order chi connectivity index (χ0) is 24.0. The summed E-state index contributed by atoms with van der Waals surface area (Å²) in [5.41, 5.74) is 2.37. The molecule has 1 heterocycles. The van der Waals surface area contributed by atoms with Crippen molar-refractivity contribution in [1.29, 1.82) is 0 Å². The fourth-order valence-corrected chi connectivity index (χ4v) is 3.34. The molecule has 0 spiro atoms. The van der Waals surface area contributed by atoms with Gasteiger partial charge in [0.25, 0.3) is 11.5 Å². The third kappa shape index (κ3) is 4.92. The number of rotatable bonds is 9. The zero-order valence-corrected chi connectivity index (χ0v) is 19.0. The molecule has 0 unspecified atom stereocenters. The van der Waals surface area contributed by atoms with E-state index >= 15 is 0 Å². The van der Waals surface area contributed by atoms with Gasteiger partial charge in [0.1, 0.15) is 0 Å². The average Bonchev–Trinajstić information content (AvgIpc) is 2.82. The average molecular weight is 454 g/mol.